The van der Waals surface area contributed by atoms with E-state index in [4.69, 9.17) is 4.74 Å². The average Bonchev–Trinajstić information content (AvgIpc) is 1.87. The predicted molar refractivity (Wildman–Crippen MR) is 57.1 cm³/mol. The van der Waals surface area contributed by atoms with Gasteiger partial charge in [-0.1, -0.05) is 22.6 Å². The van der Waals surface area contributed by atoms with Crippen molar-refractivity contribution in [3.05, 3.63) is 0 Å². The maximum Gasteiger partial charge on any atom is 0.280 e. The summed E-state index contributed by atoms with van der Waals surface area (Å²) in [4.78, 5) is 10.3. The van der Waals surface area contributed by atoms with Crippen LogP contribution in [0, 0.1) is 0 Å². The van der Waals surface area contributed by atoms with Crippen LogP contribution in [0.4, 0.5) is 4.79 Å². The number of ether oxygens (including phenoxy) is 1. The molecule has 0 rings (SSSR count). The number of alkyl halides is 1. The Morgan fingerprint density at radius 1 is 1.50 bits per heavy atom. The van der Waals surface area contributed by atoms with Crippen LogP contribution in [0.1, 0.15) is 0 Å². The second kappa shape index (κ2) is 7.99. The Labute approximate surface area is 87.5 Å². The van der Waals surface area contributed by atoms with E-state index in [1.54, 1.807) is 22.6 Å². The fraction of sp³-hybridized carbons (Fsp3) is 0.800. The third-order valence-electron chi connectivity index (χ3n) is 0.732. The highest BCUT2D eigenvalue weighted by molar-refractivity contribution is 14.1. The molecule has 10 heavy (non-hydrogen) atoms. The molecule has 0 aromatic rings. The molecule has 60 valence electrons. The highest BCUT2D eigenvalue weighted by Crippen LogP contribution is 1.84. The highest BCUT2D eigenvalue weighted by atomic mass is 127. The van der Waals surface area contributed by atoms with Gasteiger partial charge in [-0.05, 0) is 0 Å². The number of amides is 1. The first-order valence-corrected chi connectivity index (χ1v) is 5.45. The molecule has 0 radical (unpaired) electrons. The minimum absolute atomic E-state index is 0.0318. The smallest absolute Gasteiger partial charge is 0.280 e. The van der Waals surface area contributed by atoms with Crippen LogP contribution in [0.5, 0.6) is 0 Å². The molecule has 0 aliphatic carbocycles. The highest BCUT2D eigenvalue weighted by Gasteiger charge is 1.90. The van der Waals surface area contributed by atoms with Crippen molar-refractivity contribution in [2.45, 2.75) is 0 Å². The van der Waals surface area contributed by atoms with Gasteiger partial charge >= 0.3 is 0 Å². The summed E-state index contributed by atoms with van der Waals surface area (Å²) < 4.78 is 6.07. The fourth-order valence-corrected chi connectivity index (χ4v) is 0.959. The van der Waals surface area contributed by atoms with Crippen molar-refractivity contribution in [3.63, 3.8) is 0 Å². The van der Waals surface area contributed by atoms with Gasteiger partial charge < -0.3 is 10.1 Å². The Morgan fingerprint density at radius 3 is 2.70 bits per heavy atom. The third-order valence-corrected chi connectivity index (χ3v) is 1.55. The molecule has 0 fully saturated rings. The van der Waals surface area contributed by atoms with Crippen molar-refractivity contribution in [2.75, 3.05) is 24.2 Å². The summed E-state index contributed by atoms with van der Waals surface area (Å²) in [6, 6.07) is 0. The molecular weight excluding hydrogens is 360 g/mol. The van der Waals surface area contributed by atoms with E-state index in [1.165, 1.54) is 0 Å². The molecule has 0 saturated heterocycles. The van der Waals surface area contributed by atoms with Crippen molar-refractivity contribution in [3.8, 4) is 0 Å². The summed E-state index contributed by atoms with van der Waals surface area (Å²) in [5.41, 5.74) is 0. The molecule has 0 spiro atoms. The Bertz CT molecular complexity index is 99.6. The van der Waals surface area contributed by atoms with Crippen molar-refractivity contribution in [1.29, 1.82) is 0 Å². The lowest BCUT2D eigenvalue weighted by molar-refractivity contribution is 0.155. The molecule has 0 aliphatic rings. The summed E-state index contributed by atoms with van der Waals surface area (Å²) in [6.07, 6.45) is 0. The Morgan fingerprint density at radius 2 is 2.20 bits per heavy atom. The van der Waals surface area contributed by atoms with Gasteiger partial charge in [0, 0.05) is 33.6 Å². The molecule has 0 bridgehead atoms. The Kier molecular flexibility index (Phi) is 8.70. The van der Waals surface area contributed by atoms with Crippen molar-refractivity contribution < 1.29 is 9.53 Å². The van der Waals surface area contributed by atoms with E-state index in [0.29, 0.717) is 13.2 Å². The van der Waals surface area contributed by atoms with E-state index in [1.807, 2.05) is 0 Å². The molecule has 0 saturated carbocycles. The number of rotatable bonds is 5. The van der Waals surface area contributed by atoms with Gasteiger partial charge in [-0.3, -0.25) is 4.79 Å². The predicted octanol–water partition coefficient (Wildman–Crippen LogP) is 1.58. The van der Waals surface area contributed by atoms with Crippen LogP contribution in [-0.4, -0.2) is 28.1 Å². The SMILES string of the molecule is O=C(I)NCCOCCI. The molecule has 0 aliphatic heterocycles. The van der Waals surface area contributed by atoms with Gasteiger partial charge in [0.1, 0.15) is 0 Å². The van der Waals surface area contributed by atoms with E-state index < -0.39 is 0 Å². The van der Waals surface area contributed by atoms with Gasteiger partial charge in [-0.25, -0.2) is 0 Å². The molecule has 3 nitrogen and oxygen atoms in total. The van der Waals surface area contributed by atoms with Crippen molar-refractivity contribution >= 4 is 49.1 Å². The van der Waals surface area contributed by atoms with Crippen molar-refractivity contribution in [1.82, 2.24) is 5.32 Å². The molecule has 5 heteroatoms. The minimum atomic E-state index is -0.0318. The zero-order chi connectivity index (χ0) is 7.82. The van der Waals surface area contributed by atoms with Crippen LogP contribution in [0.2, 0.25) is 0 Å². The minimum Gasteiger partial charge on any atom is -0.379 e. The van der Waals surface area contributed by atoms with Crippen molar-refractivity contribution in [2.24, 2.45) is 0 Å². The zero-order valence-electron chi connectivity index (χ0n) is 5.40. The molecule has 0 aromatic heterocycles. The largest absolute Gasteiger partial charge is 0.379 e. The quantitative estimate of drug-likeness (QED) is 0.263. The molecule has 1 amide bonds. The third kappa shape index (κ3) is 8.89. The second-order valence-electron chi connectivity index (χ2n) is 1.50. The Balaban J connectivity index is 2.84. The number of carbonyl (C=O) groups is 1. The summed E-state index contributed by atoms with van der Waals surface area (Å²) >= 11 is 3.94. The van der Waals surface area contributed by atoms with Crippen LogP contribution >= 0.6 is 45.2 Å². The lowest BCUT2D eigenvalue weighted by atomic mass is 10.7. The lowest BCUT2D eigenvalue weighted by Crippen LogP contribution is -2.21. The molecule has 0 heterocycles. The normalized spacial score (nSPS) is 9.40. The van der Waals surface area contributed by atoms with Crippen LogP contribution < -0.4 is 5.32 Å². The number of halogens is 2. The fourth-order valence-electron chi connectivity index (χ4n) is 0.378. The van der Waals surface area contributed by atoms with E-state index in [-0.39, 0.29) is 3.91 Å². The maximum absolute atomic E-state index is 10.3. The average molecular weight is 369 g/mol. The van der Waals surface area contributed by atoms with Gasteiger partial charge in [0.2, 0.25) is 0 Å². The van der Waals surface area contributed by atoms with Gasteiger partial charge in [-0.15, -0.1) is 0 Å². The van der Waals surface area contributed by atoms with Gasteiger partial charge in [-0.2, -0.15) is 0 Å². The second-order valence-corrected chi connectivity index (χ2v) is 3.56. The number of hydrogen-bond acceptors (Lipinski definition) is 2. The molecule has 0 atom stereocenters. The first-order chi connectivity index (χ1) is 4.77. The number of hydrogen-bond donors (Lipinski definition) is 1. The topological polar surface area (TPSA) is 38.3 Å². The summed E-state index contributed by atoms with van der Waals surface area (Å²) in [5.74, 6) is 0. The van der Waals surface area contributed by atoms with E-state index in [9.17, 15) is 4.79 Å². The summed E-state index contributed by atoms with van der Waals surface area (Å²) in [5, 5.41) is 2.62. The van der Waals surface area contributed by atoms with E-state index >= 15 is 0 Å². The lowest BCUT2D eigenvalue weighted by Gasteiger charge is -2.00. The van der Waals surface area contributed by atoms with Crippen LogP contribution in [0.25, 0.3) is 0 Å². The molecule has 0 aromatic carbocycles. The Hall–Kier alpha value is 0.890. The summed E-state index contributed by atoms with van der Waals surface area (Å²) in [7, 11) is 0. The molecule has 1 N–H and O–H groups in total. The van der Waals surface area contributed by atoms with Gasteiger partial charge in [0.25, 0.3) is 3.91 Å². The number of nitrogens with one attached hydrogen (secondary N) is 1. The molecule has 0 unspecified atom stereocenters. The van der Waals surface area contributed by atoms with E-state index in [2.05, 4.69) is 27.9 Å². The zero-order valence-corrected chi connectivity index (χ0v) is 9.72. The summed E-state index contributed by atoms with van der Waals surface area (Å²) in [6.45, 7) is 1.98. The van der Waals surface area contributed by atoms with E-state index in [0.717, 1.165) is 11.0 Å². The van der Waals surface area contributed by atoms with Crippen LogP contribution in [-0.2, 0) is 4.74 Å². The van der Waals surface area contributed by atoms with Crippen LogP contribution in [0.3, 0.4) is 0 Å². The first-order valence-electron chi connectivity index (χ1n) is 2.84. The monoisotopic (exact) mass is 369 g/mol. The first kappa shape index (κ1) is 10.9. The maximum atomic E-state index is 10.3. The van der Waals surface area contributed by atoms with Gasteiger partial charge in [0.15, 0.2) is 0 Å². The number of carbonyl (C=O) groups excluding carboxylic acids is 1. The standard InChI is InChI=1S/C5H9I2NO2/c6-1-3-10-4-2-8-5(7)9/h1-4H2,(H,8,9). The van der Waals surface area contributed by atoms with Crippen LogP contribution in [0.15, 0.2) is 0 Å². The van der Waals surface area contributed by atoms with Gasteiger partial charge in [0.05, 0.1) is 13.2 Å². The molecular formula is C5H9I2NO2.